The highest BCUT2D eigenvalue weighted by molar-refractivity contribution is 5.87. The van der Waals surface area contributed by atoms with E-state index in [0.29, 0.717) is 11.1 Å². The minimum atomic E-state index is -0.284. The highest BCUT2D eigenvalue weighted by Crippen LogP contribution is 2.27. The SMILES string of the molecule is COc1ccc2c(C)cccc2c1F. The maximum atomic E-state index is 13.7. The van der Waals surface area contributed by atoms with Gasteiger partial charge in [0.2, 0.25) is 0 Å². The molecule has 0 aliphatic carbocycles. The van der Waals surface area contributed by atoms with Crippen molar-refractivity contribution in [2.45, 2.75) is 6.92 Å². The number of methoxy groups -OCH3 is 1. The number of benzene rings is 2. The third kappa shape index (κ3) is 1.23. The molecule has 0 amide bonds. The molecule has 0 unspecified atom stereocenters. The van der Waals surface area contributed by atoms with E-state index < -0.39 is 0 Å². The van der Waals surface area contributed by atoms with Crippen LogP contribution in [-0.2, 0) is 0 Å². The van der Waals surface area contributed by atoms with Crippen LogP contribution < -0.4 is 4.74 Å². The molecule has 0 fully saturated rings. The summed E-state index contributed by atoms with van der Waals surface area (Å²) in [5.41, 5.74) is 1.07. The van der Waals surface area contributed by atoms with Gasteiger partial charge in [0.05, 0.1) is 7.11 Å². The van der Waals surface area contributed by atoms with Crippen LogP contribution in [-0.4, -0.2) is 7.11 Å². The van der Waals surface area contributed by atoms with E-state index in [1.54, 1.807) is 12.1 Å². The second-order valence-electron chi connectivity index (χ2n) is 3.25. The summed E-state index contributed by atoms with van der Waals surface area (Å²) in [5, 5.41) is 1.55. The largest absolute Gasteiger partial charge is 0.494 e. The fourth-order valence-electron chi connectivity index (χ4n) is 1.62. The Morgan fingerprint density at radius 3 is 2.57 bits per heavy atom. The predicted octanol–water partition coefficient (Wildman–Crippen LogP) is 3.30. The van der Waals surface area contributed by atoms with Crippen LogP contribution in [0.3, 0.4) is 0 Å². The molecule has 0 spiro atoms. The van der Waals surface area contributed by atoms with E-state index in [1.807, 2.05) is 25.1 Å². The highest BCUT2D eigenvalue weighted by Gasteiger charge is 2.07. The summed E-state index contributed by atoms with van der Waals surface area (Å²) in [6, 6.07) is 9.12. The molecular weight excluding hydrogens is 179 g/mol. The van der Waals surface area contributed by atoms with E-state index in [1.165, 1.54) is 7.11 Å². The molecule has 0 aromatic heterocycles. The highest BCUT2D eigenvalue weighted by atomic mass is 19.1. The van der Waals surface area contributed by atoms with Crippen LogP contribution in [0.5, 0.6) is 5.75 Å². The summed E-state index contributed by atoms with van der Waals surface area (Å²) in [6.07, 6.45) is 0. The lowest BCUT2D eigenvalue weighted by atomic mass is 10.1. The quantitative estimate of drug-likeness (QED) is 0.670. The Labute approximate surface area is 82.1 Å². The van der Waals surface area contributed by atoms with Crippen molar-refractivity contribution in [1.82, 2.24) is 0 Å². The molecule has 0 radical (unpaired) electrons. The standard InChI is InChI=1S/C12H11FO/c1-8-4-3-5-10-9(8)6-7-11(14-2)12(10)13/h3-7H,1-2H3. The van der Waals surface area contributed by atoms with Gasteiger partial charge in [-0.05, 0) is 23.9 Å². The first-order valence-corrected chi connectivity index (χ1v) is 4.46. The van der Waals surface area contributed by atoms with Gasteiger partial charge in [-0.15, -0.1) is 0 Å². The van der Waals surface area contributed by atoms with Crippen LogP contribution in [0.15, 0.2) is 30.3 Å². The Balaban J connectivity index is 2.84. The third-order valence-electron chi connectivity index (χ3n) is 2.40. The zero-order valence-corrected chi connectivity index (χ0v) is 8.17. The number of ether oxygens (including phenoxy) is 1. The second-order valence-corrected chi connectivity index (χ2v) is 3.25. The van der Waals surface area contributed by atoms with Crippen molar-refractivity contribution in [3.63, 3.8) is 0 Å². The lowest BCUT2D eigenvalue weighted by molar-refractivity contribution is 0.389. The van der Waals surface area contributed by atoms with Crippen LogP contribution in [0.25, 0.3) is 10.8 Å². The van der Waals surface area contributed by atoms with Gasteiger partial charge in [-0.1, -0.05) is 24.3 Å². The Bertz CT molecular complexity index is 477. The number of fused-ring (bicyclic) bond motifs is 1. The molecule has 2 rings (SSSR count). The Morgan fingerprint density at radius 1 is 1.07 bits per heavy atom. The smallest absolute Gasteiger partial charge is 0.172 e. The van der Waals surface area contributed by atoms with Gasteiger partial charge in [-0.3, -0.25) is 0 Å². The molecule has 2 aromatic rings. The number of hydrogen-bond acceptors (Lipinski definition) is 1. The maximum Gasteiger partial charge on any atom is 0.172 e. The Kier molecular flexibility index (Phi) is 2.12. The van der Waals surface area contributed by atoms with Crippen LogP contribution >= 0.6 is 0 Å². The predicted molar refractivity (Wildman–Crippen MR) is 55.2 cm³/mol. The van der Waals surface area contributed by atoms with Gasteiger partial charge in [0.15, 0.2) is 11.6 Å². The van der Waals surface area contributed by atoms with Gasteiger partial charge in [-0.2, -0.15) is 0 Å². The van der Waals surface area contributed by atoms with Gasteiger partial charge < -0.3 is 4.74 Å². The van der Waals surface area contributed by atoms with E-state index in [4.69, 9.17) is 4.74 Å². The molecule has 0 N–H and O–H groups in total. The van der Waals surface area contributed by atoms with Crippen LogP contribution in [0.4, 0.5) is 4.39 Å². The topological polar surface area (TPSA) is 9.23 Å². The zero-order valence-electron chi connectivity index (χ0n) is 8.17. The minimum Gasteiger partial charge on any atom is -0.494 e. The lowest BCUT2D eigenvalue weighted by Crippen LogP contribution is -1.89. The molecule has 2 aromatic carbocycles. The Morgan fingerprint density at radius 2 is 1.86 bits per heavy atom. The number of hydrogen-bond donors (Lipinski definition) is 0. The first-order chi connectivity index (χ1) is 6.74. The molecule has 0 aliphatic rings. The average Bonchev–Trinajstić information content (AvgIpc) is 2.20. The van der Waals surface area contributed by atoms with Crippen molar-refractivity contribution >= 4 is 10.8 Å². The van der Waals surface area contributed by atoms with Crippen molar-refractivity contribution < 1.29 is 9.13 Å². The number of rotatable bonds is 1. The van der Waals surface area contributed by atoms with E-state index in [-0.39, 0.29) is 5.82 Å². The third-order valence-corrected chi connectivity index (χ3v) is 2.40. The van der Waals surface area contributed by atoms with Gasteiger partial charge in [-0.25, -0.2) is 4.39 Å². The first kappa shape index (κ1) is 9.00. The monoisotopic (exact) mass is 190 g/mol. The van der Waals surface area contributed by atoms with Crippen LogP contribution in [0.1, 0.15) is 5.56 Å². The van der Waals surface area contributed by atoms with Gasteiger partial charge in [0.25, 0.3) is 0 Å². The van der Waals surface area contributed by atoms with Gasteiger partial charge in [0.1, 0.15) is 0 Å². The number of halogens is 1. The summed E-state index contributed by atoms with van der Waals surface area (Å²) in [7, 11) is 1.47. The lowest BCUT2D eigenvalue weighted by Gasteiger charge is -2.06. The summed E-state index contributed by atoms with van der Waals surface area (Å²) >= 11 is 0. The summed E-state index contributed by atoms with van der Waals surface area (Å²) in [4.78, 5) is 0. The summed E-state index contributed by atoms with van der Waals surface area (Å²) < 4.78 is 18.6. The molecular formula is C12H11FO. The molecule has 72 valence electrons. The second kappa shape index (κ2) is 3.29. The summed E-state index contributed by atoms with van der Waals surface area (Å²) in [5.74, 6) is 0.0109. The van der Waals surface area contributed by atoms with Crippen molar-refractivity contribution in [3.05, 3.63) is 41.7 Å². The van der Waals surface area contributed by atoms with Crippen molar-refractivity contribution in [2.24, 2.45) is 0 Å². The molecule has 0 bridgehead atoms. The summed E-state index contributed by atoms with van der Waals surface area (Å²) in [6.45, 7) is 1.97. The maximum absolute atomic E-state index is 13.7. The molecule has 0 heterocycles. The van der Waals surface area contributed by atoms with Crippen LogP contribution in [0, 0.1) is 12.7 Å². The van der Waals surface area contributed by atoms with Gasteiger partial charge in [0, 0.05) is 5.39 Å². The van der Waals surface area contributed by atoms with Crippen molar-refractivity contribution in [1.29, 1.82) is 0 Å². The first-order valence-electron chi connectivity index (χ1n) is 4.46. The Hall–Kier alpha value is -1.57. The molecule has 2 heteroatoms. The molecule has 0 saturated heterocycles. The molecule has 0 saturated carbocycles. The fourth-order valence-corrected chi connectivity index (χ4v) is 1.62. The average molecular weight is 190 g/mol. The van der Waals surface area contributed by atoms with Gasteiger partial charge >= 0.3 is 0 Å². The normalized spacial score (nSPS) is 10.5. The minimum absolute atomic E-state index is 0.284. The zero-order chi connectivity index (χ0) is 10.1. The van der Waals surface area contributed by atoms with E-state index in [0.717, 1.165) is 10.9 Å². The number of aryl methyl sites for hydroxylation is 1. The fraction of sp³-hybridized carbons (Fsp3) is 0.167. The molecule has 0 atom stereocenters. The molecule has 1 nitrogen and oxygen atoms in total. The van der Waals surface area contributed by atoms with Crippen molar-refractivity contribution in [3.8, 4) is 5.75 Å². The van der Waals surface area contributed by atoms with Crippen LogP contribution in [0.2, 0.25) is 0 Å². The van der Waals surface area contributed by atoms with E-state index >= 15 is 0 Å². The van der Waals surface area contributed by atoms with E-state index in [9.17, 15) is 4.39 Å². The molecule has 14 heavy (non-hydrogen) atoms. The van der Waals surface area contributed by atoms with E-state index in [2.05, 4.69) is 0 Å². The molecule has 0 aliphatic heterocycles. The van der Waals surface area contributed by atoms with Crippen molar-refractivity contribution in [2.75, 3.05) is 7.11 Å².